The molecular weight excluding hydrogens is 262 g/mol. The van der Waals surface area contributed by atoms with Gasteiger partial charge < -0.3 is 14.8 Å². The molecule has 1 N–H and O–H groups in total. The Hall–Kier alpha value is -1.53. The van der Waals surface area contributed by atoms with Gasteiger partial charge >= 0.3 is 0 Å². The fraction of sp³-hybridized carbons (Fsp3) is 0.200. The molecule has 2 heterocycles. The van der Waals surface area contributed by atoms with Gasteiger partial charge in [-0.3, -0.25) is 0 Å². The molecule has 0 fully saturated rings. The number of hydrogen-bond donors (Lipinski definition) is 1. The van der Waals surface area contributed by atoms with E-state index in [1.54, 1.807) is 5.51 Å². The molecule has 7 heteroatoms. The number of nitrogens with one attached hydrogen (secondary N) is 1. The minimum atomic E-state index is 0.225. The van der Waals surface area contributed by atoms with Crippen LogP contribution in [0.15, 0.2) is 17.6 Å². The number of fused-ring (bicyclic) bond motifs is 1. The van der Waals surface area contributed by atoms with E-state index in [4.69, 9.17) is 21.1 Å². The first-order valence-electron chi connectivity index (χ1n) is 4.91. The molecule has 1 aliphatic heterocycles. The molecule has 5 nitrogen and oxygen atoms in total. The molecule has 0 radical (unpaired) electrons. The zero-order valence-corrected chi connectivity index (χ0v) is 10.2. The van der Waals surface area contributed by atoms with E-state index in [1.807, 2.05) is 12.1 Å². The molecule has 0 saturated heterocycles. The first-order chi connectivity index (χ1) is 8.33. The summed E-state index contributed by atoms with van der Waals surface area (Å²) in [4.78, 5) is 0. The summed E-state index contributed by atoms with van der Waals surface area (Å²) >= 11 is 7.53. The van der Waals surface area contributed by atoms with E-state index >= 15 is 0 Å². The van der Waals surface area contributed by atoms with Crippen molar-refractivity contribution in [1.82, 2.24) is 10.2 Å². The van der Waals surface area contributed by atoms with Crippen LogP contribution in [0, 0.1) is 0 Å². The Morgan fingerprint density at radius 3 is 3.18 bits per heavy atom. The Morgan fingerprint density at radius 2 is 2.35 bits per heavy atom. The van der Waals surface area contributed by atoms with Crippen molar-refractivity contribution in [2.24, 2.45) is 0 Å². The van der Waals surface area contributed by atoms with Gasteiger partial charge in [-0.15, -0.1) is 10.2 Å². The van der Waals surface area contributed by atoms with Crippen molar-refractivity contribution in [3.05, 3.63) is 28.2 Å². The number of anilines is 1. The Balaban J connectivity index is 1.78. The lowest BCUT2D eigenvalue weighted by molar-refractivity contribution is 0.174. The van der Waals surface area contributed by atoms with Crippen LogP contribution in [-0.4, -0.2) is 17.0 Å². The maximum atomic E-state index is 6.08. The fourth-order valence-electron chi connectivity index (χ4n) is 1.55. The number of nitrogens with zero attached hydrogens (tertiary/aromatic N) is 2. The smallest absolute Gasteiger partial charge is 0.231 e. The number of hydrogen-bond acceptors (Lipinski definition) is 6. The summed E-state index contributed by atoms with van der Waals surface area (Å²) < 4.78 is 10.5. The van der Waals surface area contributed by atoms with Gasteiger partial charge in [-0.25, -0.2) is 0 Å². The van der Waals surface area contributed by atoms with Crippen molar-refractivity contribution < 1.29 is 9.47 Å². The monoisotopic (exact) mass is 269 g/mol. The van der Waals surface area contributed by atoms with E-state index in [0.717, 1.165) is 10.7 Å². The number of ether oxygens (including phenoxy) is 2. The van der Waals surface area contributed by atoms with Gasteiger partial charge in [0, 0.05) is 6.54 Å². The fourth-order valence-corrected chi connectivity index (χ4v) is 2.28. The molecule has 0 amide bonds. The third-order valence-electron chi connectivity index (χ3n) is 2.29. The van der Waals surface area contributed by atoms with Gasteiger partial charge in [0.05, 0.1) is 5.02 Å². The van der Waals surface area contributed by atoms with Crippen LogP contribution in [0.4, 0.5) is 5.13 Å². The van der Waals surface area contributed by atoms with Gasteiger partial charge in [-0.2, -0.15) is 0 Å². The molecule has 0 atom stereocenters. The third kappa shape index (κ3) is 2.13. The van der Waals surface area contributed by atoms with Gasteiger partial charge in [0.15, 0.2) is 11.5 Å². The minimum absolute atomic E-state index is 0.225. The van der Waals surface area contributed by atoms with Crippen LogP contribution in [-0.2, 0) is 6.54 Å². The SMILES string of the molecule is Clc1cc(CNc2nncs2)cc2c1OCO2. The van der Waals surface area contributed by atoms with E-state index in [9.17, 15) is 0 Å². The van der Waals surface area contributed by atoms with E-state index < -0.39 is 0 Å². The molecule has 1 aliphatic rings. The lowest BCUT2D eigenvalue weighted by atomic mass is 10.2. The summed E-state index contributed by atoms with van der Waals surface area (Å²) in [6.45, 7) is 0.841. The van der Waals surface area contributed by atoms with Crippen LogP contribution < -0.4 is 14.8 Å². The predicted octanol–water partition coefficient (Wildman–Crippen LogP) is 2.53. The molecule has 1 aromatic carbocycles. The number of halogens is 1. The average Bonchev–Trinajstić information content (AvgIpc) is 2.97. The second-order valence-electron chi connectivity index (χ2n) is 3.41. The molecule has 3 rings (SSSR count). The number of benzene rings is 1. The van der Waals surface area contributed by atoms with Crippen molar-refractivity contribution in [2.45, 2.75) is 6.54 Å². The third-order valence-corrected chi connectivity index (χ3v) is 3.22. The highest BCUT2D eigenvalue weighted by molar-refractivity contribution is 7.13. The van der Waals surface area contributed by atoms with Crippen LogP contribution in [0.3, 0.4) is 0 Å². The first-order valence-corrected chi connectivity index (χ1v) is 6.17. The molecule has 0 aliphatic carbocycles. The first kappa shape index (κ1) is 10.6. The second-order valence-corrected chi connectivity index (χ2v) is 4.65. The van der Waals surface area contributed by atoms with Crippen molar-refractivity contribution >= 4 is 28.1 Å². The topological polar surface area (TPSA) is 56.3 Å². The highest BCUT2D eigenvalue weighted by Crippen LogP contribution is 2.39. The maximum absolute atomic E-state index is 6.08. The van der Waals surface area contributed by atoms with E-state index in [1.165, 1.54) is 11.3 Å². The molecule has 1 aromatic heterocycles. The molecular formula is C10H8ClN3O2S. The van der Waals surface area contributed by atoms with E-state index in [-0.39, 0.29) is 6.79 Å². The largest absolute Gasteiger partial charge is 0.454 e. The lowest BCUT2D eigenvalue weighted by Crippen LogP contribution is -1.99. The summed E-state index contributed by atoms with van der Waals surface area (Å²) in [5.41, 5.74) is 2.68. The molecule has 2 aromatic rings. The van der Waals surface area contributed by atoms with Crippen molar-refractivity contribution in [1.29, 1.82) is 0 Å². The lowest BCUT2D eigenvalue weighted by Gasteiger charge is -2.05. The van der Waals surface area contributed by atoms with E-state index in [0.29, 0.717) is 23.1 Å². The van der Waals surface area contributed by atoms with Crippen molar-refractivity contribution in [3.8, 4) is 11.5 Å². The summed E-state index contributed by atoms with van der Waals surface area (Å²) in [5, 5.41) is 12.1. The summed E-state index contributed by atoms with van der Waals surface area (Å²) in [5.74, 6) is 1.30. The van der Waals surface area contributed by atoms with Crippen molar-refractivity contribution in [3.63, 3.8) is 0 Å². The van der Waals surface area contributed by atoms with Crippen molar-refractivity contribution in [2.75, 3.05) is 12.1 Å². The highest BCUT2D eigenvalue weighted by Gasteiger charge is 2.18. The summed E-state index contributed by atoms with van der Waals surface area (Å²) in [7, 11) is 0. The summed E-state index contributed by atoms with van der Waals surface area (Å²) in [6.07, 6.45) is 0. The van der Waals surface area contributed by atoms with Crippen LogP contribution in [0.2, 0.25) is 5.02 Å². The quantitative estimate of drug-likeness (QED) is 0.928. The molecule has 88 valence electrons. The molecule has 0 saturated carbocycles. The van der Waals surface area contributed by atoms with Crippen LogP contribution >= 0.6 is 22.9 Å². The minimum Gasteiger partial charge on any atom is -0.454 e. The van der Waals surface area contributed by atoms with Crippen LogP contribution in [0.25, 0.3) is 0 Å². The summed E-state index contributed by atoms with van der Waals surface area (Å²) in [6, 6.07) is 3.76. The van der Waals surface area contributed by atoms with E-state index in [2.05, 4.69) is 15.5 Å². The Morgan fingerprint density at radius 1 is 1.41 bits per heavy atom. The molecule has 0 spiro atoms. The maximum Gasteiger partial charge on any atom is 0.231 e. The average molecular weight is 270 g/mol. The molecule has 17 heavy (non-hydrogen) atoms. The molecule has 0 unspecified atom stereocenters. The second kappa shape index (κ2) is 4.38. The van der Waals surface area contributed by atoms with Crippen LogP contribution in [0.5, 0.6) is 11.5 Å². The van der Waals surface area contributed by atoms with Gasteiger partial charge in [-0.05, 0) is 17.7 Å². The standard InChI is InChI=1S/C10H8ClN3O2S/c11-7-1-6(2-8-9(7)16-5-15-8)3-12-10-14-13-4-17-10/h1-2,4H,3,5H2,(H,12,14). The zero-order chi connectivity index (χ0) is 11.7. The highest BCUT2D eigenvalue weighted by atomic mass is 35.5. The Kier molecular flexibility index (Phi) is 2.74. The van der Waals surface area contributed by atoms with Gasteiger partial charge in [0.1, 0.15) is 5.51 Å². The molecule has 0 bridgehead atoms. The van der Waals surface area contributed by atoms with Gasteiger partial charge in [-0.1, -0.05) is 22.9 Å². The van der Waals surface area contributed by atoms with Gasteiger partial charge in [0.25, 0.3) is 0 Å². The normalized spacial score (nSPS) is 12.8. The Labute approximate surface area is 106 Å². The van der Waals surface area contributed by atoms with Gasteiger partial charge in [0.2, 0.25) is 11.9 Å². The number of aromatic nitrogens is 2. The zero-order valence-electron chi connectivity index (χ0n) is 8.64. The number of rotatable bonds is 3. The Bertz CT molecular complexity index is 533. The van der Waals surface area contributed by atoms with Crippen LogP contribution in [0.1, 0.15) is 5.56 Å². The predicted molar refractivity (Wildman–Crippen MR) is 64.8 cm³/mol.